The molecule has 0 unspecified atom stereocenters. The van der Waals surface area contributed by atoms with Crippen LogP contribution in [0.5, 0.6) is 0 Å². The van der Waals surface area contributed by atoms with E-state index >= 15 is 0 Å². The second-order valence-corrected chi connectivity index (χ2v) is 17.1. The Balaban J connectivity index is 1.35. The Morgan fingerprint density at radius 3 is 1.51 bits per heavy atom. The number of benzene rings is 5. The van der Waals surface area contributed by atoms with Crippen molar-refractivity contribution in [1.82, 2.24) is 0 Å². The SMILES string of the molecule is CC(C)(C)c1cc(N2c3ccccc3B3c4ccccc4N(c4c5c(cc6c4CCCC6)CCCC5)c4cccc2c43)cc(C(C)(C)C)c1. The molecule has 2 aliphatic heterocycles. The molecule has 2 aliphatic carbocycles. The molecule has 0 atom stereocenters. The molecule has 0 saturated carbocycles. The van der Waals surface area contributed by atoms with Gasteiger partial charge in [-0.15, -0.1) is 0 Å². The van der Waals surface area contributed by atoms with E-state index in [0.29, 0.717) is 0 Å². The van der Waals surface area contributed by atoms with E-state index in [9.17, 15) is 0 Å². The third-order valence-electron chi connectivity index (χ3n) is 11.9. The minimum atomic E-state index is 0.0329. The lowest BCUT2D eigenvalue weighted by Gasteiger charge is -2.45. The Morgan fingerprint density at radius 1 is 0.490 bits per heavy atom. The normalized spacial score (nSPS) is 16.4. The summed E-state index contributed by atoms with van der Waals surface area (Å²) >= 11 is 0. The molecule has 0 saturated heterocycles. The van der Waals surface area contributed by atoms with Crippen LogP contribution in [-0.2, 0) is 36.5 Å². The summed E-state index contributed by atoms with van der Waals surface area (Å²) in [6.07, 6.45) is 9.96. The van der Waals surface area contributed by atoms with E-state index in [2.05, 4.69) is 142 Å². The van der Waals surface area contributed by atoms with E-state index in [4.69, 9.17) is 0 Å². The molecule has 2 heterocycles. The number of para-hydroxylation sites is 2. The van der Waals surface area contributed by atoms with Crippen LogP contribution in [-0.4, -0.2) is 6.71 Å². The van der Waals surface area contributed by atoms with Gasteiger partial charge < -0.3 is 9.80 Å². The molecule has 246 valence electrons. The standard InChI is InChI=1S/C46H49BN2/c1-45(2,3)32-27-33(46(4,5)6)29-34(28-32)48-39-22-13-11-20-37(39)47-38-21-12-14-23-40(38)49(42-25-15-24-41(48)43(42)47)44-35-18-9-7-16-30(35)26-31-17-8-10-19-36(31)44/h11-15,20-29H,7-10,16-19H2,1-6H3. The van der Waals surface area contributed by atoms with Gasteiger partial charge in [-0.1, -0.05) is 96.1 Å². The predicted octanol–water partition coefficient (Wildman–Crippen LogP) is 10.1. The van der Waals surface area contributed by atoms with Gasteiger partial charge in [-0.3, -0.25) is 0 Å². The van der Waals surface area contributed by atoms with Crippen molar-refractivity contribution < 1.29 is 0 Å². The number of anilines is 6. The summed E-state index contributed by atoms with van der Waals surface area (Å²) in [7, 11) is 0. The van der Waals surface area contributed by atoms with Crippen LogP contribution < -0.4 is 26.2 Å². The fourth-order valence-electron chi connectivity index (χ4n) is 9.34. The molecule has 5 aromatic carbocycles. The van der Waals surface area contributed by atoms with E-state index in [-0.39, 0.29) is 17.5 Å². The second-order valence-electron chi connectivity index (χ2n) is 17.1. The van der Waals surface area contributed by atoms with Gasteiger partial charge >= 0.3 is 0 Å². The largest absolute Gasteiger partial charge is 0.311 e. The quantitative estimate of drug-likeness (QED) is 0.174. The minimum Gasteiger partial charge on any atom is -0.311 e. The molecule has 5 aromatic rings. The lowest BCUT2D eigenvalue weighted by molar-refractivity contribution is 0.569. The zero-order chi connectivity index (χ0) is 33.7. The number of rotatable bonds is 2. The highest BCUT2D eigenvalue weighted by molar-refractivity contribution is 7.00. The molecule has 0 spiro atoms. The maximum atomic E-state index is 2.73. The number of fused-ring (bicyclic) bond motifs is 6. The number of aryl methyl sites for hydroxylation is 2. The first kappa shape index (κ1) is 30.8. The van der Waals surface area contributed by atoms with Crippen LogP contribution in [0.1, 0.15) is 101 Å². The zero-order valence-electron chi connectivity index (χ0n) is 30.3. The van der Waals surface area contributed by atoms with Crippen molar-refractivity contribution in [2.45, 2.75) is 104 Å². The maximum Gasteiger partial charge on any atom is 0.252 e. The van der Waals surface area contributed by atoms with Gasteiger partial charge in [0.15, 0.2) is 0 Å². The average Bonchev–Trinajstić information content (AvgIpc) is 3.10. The Hall–Kier alpha value is -4.24. The molecule has 0 N–H and O–H groups in total. The van der Waals surface area contributed by atoms with Crippen LogP contribution in [0.25, 0.3) is 0 Å². The van der Waals surface area contributed by atoms with Gasteiger partial charge in [0.2, 0.25) is 0 Å². The Morgan fingerprint density at radius 2 is 0.959 bits per heavy atom. The summed E-state index contributed by atoms with van der Waals surface area (Å²) in [4.78, 5) is 5.33. The van der Waals surface area contributed by atoms with Crippen molar-refractivity contribution in [3.05, 3.63) is 124 Å². The minimum absolute atomic E-state index is 0.0329. The molecular weight excluding hydrogens is 591 g/mol. The van der Waals surface area contributed by atoms with Crippen LogP contribution >= 0.6 is 0 Å². The first-order valence-electron chi connectivity index (χ1n) is 18.8. The van der Waals surface area contributed by atoms with Crippen LogP contribution in [0.3, 0.4) is 0 Å². The molecule has 3 heteroatoms. The first-order chi connectivity index (χ1) is 23.6. The number of hydrogen-bond acceptors (Lipinski definition) is 2. The van der Waals surface area contributed by atoms with Crippen molar-refractivity contribution >= 4 is 57.2 Å². The predicted molar refractivity (Wildman–Crippen MR) is 211 cm³/mol. The number of hydrogen-bond donors (Lipinski definition) is 0. The average molecular weight is 641 g/mol. The summed E-state index contributed by atoms with van der Waals surface area (Å²) in [5.74, 6) is 0. The van der Waals surface area contributed by atoms with Crippen LogP contribution in [0.2, 0.25) is 0 Å². The van der Waals surface area contributed by atoms with Gasteiger partial charge in [-0.25, -0.2) is 0 Å². The summed E-state index contributed by atoms with van der Waals surface area (Å²) in [5.41, 5.74) is 21.6. The summed E-state index contributed by atoms with van der Waals surface area (Å²) < 4.78 is 0. The summed E-state index contributed by atoms with van der Waals surface area (Å²) in [6.45, 7) is 14.3. The van der Waals surface area contributed by atoms with E-state index in [1.807, 2.05) is 0 Å². The molecule has 0 bridgehead atoms. The molecule has 0 amide bonds. The lowest BCUT2D eigenvalue weighted by Crippen LogP contribution is -2.61. The van der Waals surface area contributed by atoms with Gasteiger partial charge in [0.1, 0.15) is 0 Å². The van der Waals surface area contributed by atoms with E-state index in [1.54, 1.807) is 22.3 Å². The van der Waals surface area contributed by atoms with Crippen molar-refractivity contribution in [2.24, 2.45) is 0 Å². The van der Waals surface area contributed by atoms with Crippen LogP contribution in [0.15, 0.2) is 91.0 Å². The molecular formula is C46H49BN2. The fraction of sp³-hybridized carbons (Fsp3) is 0.348. The lowest BCUT2D eigenvalue weighted by atomic mass is 9.33. The molecule has 0 radical (unpaired) electrons. The van der Waals surface area contributed by atoms with Crippen molar-refractivity contribution in [1.29, 1.82) is 0 Å². The second kappa shape index (κ2) is 11.1. The van der Waals surface area contributed by atoms with E-state index < -0.39 is 0 Å². The van der Waals surface area contributed by atoms with Crippen LogP contribution in [0.4, 0.5) is 34.1 Å². The maximum absolute atomic E-state index is 2.73. The third-order valence-corrected chi connectivity index (χ3v) is 11.9. The van der Waals surface area contributed by atoms with Crippen molar-refractivity contribution in [2.75, 3.05) is 9.80 Å². The monoisotopic (exact) mass is 640 g/mol. The van der Waals surface area contributed by atoms with Crippen LogP contribution in [0, 0.1) is 0 Å². The Labute approximate surface area is 294 Å². The third kappa shape index (κ3) is 4.83. The number of nitrogens with zero attached hydrogens (tertiary/aromatic N) is 2. The van der Waals surface area contributed by atoms with Gasteiger partial charge in [0, 0.05) is 28.4 Å². The Kier molecular flexibility index (Phi) is 7.00. The Bertz CT molecular complexity index is 2060. The molecule has 2 nitrogen and oxygen atoms in total. The van der Waals surface area contributed by atoms with E-state index in [1.165, 1.54) is 113 Å². The van der Waals surface area contributed by atoms with Crippen molar-refractivity contribution in [3.63, 3.8) is 0 Å². The highest BCUT2D eigenvalue weighted by Crippen LogP contribution is 2.49. The molecule has 9 rings (SSSR count). The smallest absolute Gasteiger partial charge is 0.252 e. The van der Waals surface area contributed by atoms with Gasteiger partial charge in [-0.2, -0.15) is 0 Å². The molecule has 49 heavy (non-hydrogen) atoms. The molecule has 0 aromatic heterocycles. The van der Waals surface area contributed by atoms with Crippen molar-refractivity contribution in [3.8, 4) is 0 Å². The summed E-state index contributed by atoms with van der Waals surface area (Å²) in [6, 6.07) is 35.7. The zero-order valence-corrected chi connectivity index (χ0v) is 30.3. The first-order valence-corrected chi connectivity index (χ1v) is 18.8. The topological polar surface area (TPSA) is 6.48 Å². The highest BCUT2D eigenvalue weighted by Gasteiger charge is 2.44. The van der Waals surface area contributed by atoms with Gasteiger partial charge in [-0.05, 0) is 148 Å². The van der Waals surface area contributed by atoms with Gasteiger partial charge in [0.05, 0.1) is 5.69 Å². The summed E-state index contributed by atoms with van der Waals surface area (Å²) in [5, 5.41) is 0. The van der Waals surface area contributed by atoms with E-state index in [0.717, 1.165) is 0 Å². The highest BCUT2D eigenvalue weighted by atomic mass is 15.2. The fourth-order valence-corrected chi connectivity index (χ4v) is 9.34. The van der Waals surface area contributed by atoms with Gasteiger partial charge in [0.25, 0.3) is 6.71 Å². The molecule has 4 aliphatic rings. The molecule has 0 fully saturated rings.